The molecule has 204 valence electrons. The lowest BCUT2D eigenvalue weighted by Gasteiger charge is -2.18. The Kier molecular flexibility index (Phi) is 16.0. The van der Waals surface area contributed by atoms with Crippen LogP contribution in [-0.4, -0.2) is 63.2 Å². The average molecular weight is 518 g/mol. The molecule has 1 rings (SSSR count). The third-order valence-electron chi connectivity index (χ3n) is 5.02. The summed E-state index contributed by atoms with van der Waals surface area (Å²) in [7, 11) is 1.59. The predicted molar refractivity (Wildman–Crippen MR) is 140 cm³/mol. The van der Waals surface area contributed by atoms with E-state index in [1.165, 1.54) is 0 Å². The molecule has 0 radical (unpaired) electrons. The van der Waals surface area contributed by atoms with Gasteiger partial charge in [0, 0.05) is 13.5 Å². The molecule has 9 nitrogen and oxygen atoms in total. The van der Waals surface area contributed by atoms with Crippen molar-refractivity contribution in [3.05, 3.63) is 72.4 Å². The maximum atomic E-state index is 12.7. The van der Waals surface area contributed by atoms with Crippen molar-refractivity contribution in [3.63, 3.8) is 0 Å². The summed E-state index contributed by atoms with van der Waals surface area (Å²) >= 11 is 0. The van der Waals surface area contributed by atoms with E-state index in [0.717, 1.165) is 11.1 Å². The van der Waals surface area contributed by atoms with Crippen molar-refractivity contribution in [2.24, 2.45) is 0 Å². The summed E-state index contributed by atoms with van der Waals surface area (Å²) < 4.78 is 26.5. The summed E-state index contributed by atoms with van der Waals surface area (Å²) in [6.45, 7) is 9.54. The van der Waals surface area contributed by atoms with Gasteiger partial charge in [0.15, 0.2) is 0 Å². The highest BCUT2D eigenvalue weighted by atomic mass is 16.6. The quantitative estimate of drug-likeness (QED) is 0.185. The topological polar surface area (TPSA) is 109 Å². The van der Waals surface area contributed by atoms with Gasteiger partial charge in [0.1, 0.15) is 25.9 Å². The summed E-state index contributed by atoms with van der Waals surface area (Å²) in [6.07, 6.45) is 5.50. The van der Waals surface area contributed by atoms with E-state index in [9.17, 15) is 14.4 Å². The Morgan fingerprint density at radius 2 is 1.76 bits per heavy atom. The number of carbonyl (C=O) groups excluding carboxylic acids is 3. The van der Waals surface area contributed by atoms with Gasteiger partial charge in [-0.3, -0.25) is 4.79 Å². The van der Waals surface area contributed by atoms with Gasteiger partial charge in [0.05, 0.1) is 18.8 Å². The van der Waals surface area contributed by atoms with Gasteiger partial charge in [-0.1, -0.05) is 61.2 Å². The highest BCUT2D eigenvalue weighted by Crippen LogP contribution is 2.08. The van der Waals surface area contributed by atoms with Crippen molar-refractivity contribution in [2.75, 3.05) is 26.9 Å². The van der Waals surface area contributed by atoms with Crippen LogP contribution in [-0.2, 0) is 39.9 Å². The van der Waals surface area contributed by atoms with Crippen molar-refractivity contribution >= 4 is 18.0 Å². The van der Waals surface area contributed by atoms with E-state index in [1.54, 1.807) is 38.3 Å². The molecule has 9 heteroatoms. The van der Waals surface area contributed by atoms with E-state index in [4.69, 9.17) is 23.7 Å². The third kappa shape index (κ3) is 14.7. The molecule has 1 aromatic carbocycles. The molecule has 1 N–H and O–H groups in total. The van der Waals surface area contributed by atoms with Gasteiger partial charge in [-0.05, 0) is 38.3 Å². The molecule has 0 aromatic heterocycles. The van der Waals surface area contributed by atoms with E-state index in [1.807, 2.05) is 44.2 Å². The molecule has 0 heterocycles. The smallest absolute Gasteiger partial charge is 0.408 e. The van der Waals surface area contributed by atoms with Crippen LogP contribution in [0.5, 0.6) is 0 Å². The number of benzene rings is 1. The fourth-order valence-electron chi connectivity index (χ4n) is 2.89. The van der Waals surface area contributed by atoms with Crippen LogP contribution in [0.4, 0.5) is 4.79 Å². The van der Waals surface area contributed by atoms with Crippen LogP contribution in [0.25, 0.3) is 0 Å². The Labute approximate surface area is 219 Å². The van der Waals surface area contributed by atoms with E-state index < -0.39 is 24.1 Å². The second-order valence-electron chi connectivity index (χ2n) is 8.26. The lowest BCUT2D eigenvalue weighted by atomic mass is 10.1. The van der Waals surface area contributed by atoms with Gasteiger partial charge in [-0.2, -0.15) is 0 Å². The van der Waals surface area contributed by atoms with Crippen LogP contribution in [0, 0.1) is 0 Å². The largest absolute Gasteiger partial charge is 0.463 e. The summed E-state index contributed by atoms with van der Waals surface area (Å²) in [6, 6.07) is 8.02. The Hall–Kier alpha value is -3.43. The minimum Gasteiger partial charge on any atom is -0.463 e. The number of esters is 2. The molecule has 0 aliphatic rings. The molecule has 0 aliphatic heterocycles. The van der Waals surface area contributed by atoms with Gasteiger partial charge in [-0.15, -0.1) is 0 Å². The van der Waals surface area contributed by atoms with Crippen LogP contribution in [0.2, 0.25) is 0 Å². The molecule has 0 fully saturated rings. The number of nitrogens with one attached hydrogen (secondary N) is 1. The molecule has 0 bridgehead atoms. The summed E-state index contributed by atoms with van der Waals surface area (Å²) in [5.74, 6) is -1.22. The second kappa shape index (κ2) is 18.8. The number of amides is 1. The zero-order chi connectivity index (χ0) is 27.5. The van der Waals surface area contributed by atoms with Crippen molar-refractivity contribution in [2.45, 2.75) is 58.5 Å². The Balaban J connectivity index is 2.67. The molecule has 1 aromatic rings. The maximum Gasteiger partial charge on any atom is 0.408 e. The van der Waals surface area contributed by atoms with Gasteiger partial charge >= 0.3 is 18.0 Å². The first-order chi connectivity index (χ1) is 17.8. The van der Waals surface area contributed by atoms with Crippen LogP contribution in [0.15, 0.2) is 66.8 Å². The van der Waals surface area contributed by atoms with Crippen LogP contribution >= 0.6 is 0 Å². The van der Waals surface area contributed by atoms with Gasteiger partial charge < -0.3 is 29.0 Å². The number of hydrogen-bond donors (Lipinski definition) is 1. The van der Waals surface area contributed by atoms with Gasteiger partial charge in [-0.25, -0.2) is 9.59 Å². The van der Waals surface area contributed by atoms with Crippen molar-refractivity contribution in [1.82, 2.24) is 5.32 Å². The van der Waals surface area contributed by atoms with Gasteiger partial charge in [0.2, 0.25) is 0 Å². The van der Waals surface area contributed by atoms with E-state index in [0.29, 0.717) is 6.61 Å². The number of hydrogen-bond acceptors (Lipinski definition) is 8. The molecule has 0 aliphatic carbocycles. The highest BCUT2D eigenvalue weighted by molar-refractivity contribution is 5.82. The molecule has 37 heavy (non-hydrogen) atoms. The molecular weight excluding hydrogens is 478 g/mol. The van der Waals surface area contributed by atoms with Crippen molar-refractivity contribution in [1.29, 1.82) is 0 Å². The third-order valence-corrected chi connectivity index (χ3v) is 5.02. The Bertz CT molecular complexity index is 897. The zero-order valence-electron chi connectivity index (χ0n) is 22.1. The zero-order valence-corrected chi connectivity index (χ0v) is 22.1. The van der Waals surface area contributed by atoms with Crippen molar-refractivity contribution < 1.29 is 38.1 Å². The lowest BCUT2D eigenvalue weighted by molar-refractivity contribution is -0.150. The van der Waals surface area contributed by atoms with E-state index in [2.05, 4.69) is 11.9 Å². The predicted octanol–water partition coefficient (Wildman–Crippen LogP) is 4.28. The Morgan fingerprint density at radius 1 is 1.03 bits per heavy atom. The molecule has 0 saturated carbocycles. The second-order valence-corrected chi connectivity index (χ2v) is 8.26. The molecule has 0 saturated heterocycles. The normalized spacial score (nSPS) is 13.9. The molecule has 3 atom stereocenters. The number of alkyl carbamates (subject to hydrolysis) is 1. The highest BCUT2D eigenvalue weighted by Gasteiger charge is 2.25. The monoisotopic (exact) mass is 517 g/mol. The van der Waals surface area contributed by atoms with Crippen LogP contribution < -0.4 is 5.32 Å². The number of ether oxygens (including phenoxy) is 5. The maximum absolute atomic E-state index is 12.7. The molecular formula is C28H39NO8. The average Bonchev–Trinajstić information content (AvgIpc) is 2.90. The first-order valence-electron chi connectivity index (χ1n) is 12.2. The van der Waals surface area contributed by atoms with Crippen molar-refractivity contribution in [3.8, 4) is 0 Å². The first-order valence-corrected chi connectivity index (χ1v) is 12.2. The number of allylic oxidation sites excluding steroid dienone is 3. The fourth-order valence-corrected chi connectivity index (χ4v) is 2.89. The van der Waals surface area contributed by atoms with Crippen LogP contribution in [0.1, 0.15) is 39.2 Å². The molecule has 0 spiro atoms. The first kappa shape index (κ1) is 31.6. The van der Waals surface area contributed by atoms with Crippen LogP contribution in [0.3, 0.4) is 0 Å². The lowest BCUT2D eigenvalue weighted by Crippen LogP contribution is -2.42. The Morgan fingerprint density at radius 3 is 2.41 bits per heavy atom. The van der Waals surface area contributed by atoms with E-state index in [-0.39, 0.29) is 44.9 Å². The fraction of sp³-hybridized carbons (Fsp3) is 0.464. The minimum absolute atomic E-state index is 0.0183. The standard InChI is InChI=1S/C28H39NO8/c1-6-11-23(12-7-2)20-37-28(32)29-25(27(31)36-19-24-13-9-8-10-14-24)15-16-26(30)35-18-22(4)34-17-21(3)33-5/h6-14,21-22,25H,1,15-20H2,2-5H3,(H,29,32)/b12-7-,23-11+. The summed E-state index contributed by atoms with van der Waals surface area (Å²) in [5.41, 5.74) is 1.51. The summed E-state index contributed by atoms with van der Waals surface area (Å²) in [4.78, 5) is 37.4. The number of rotatable bonds is 17. The minimum atomic E-state index is -1.10. The molecule has 3 unspecified atom stereocenters. The summed E-state index contributed by atoms with van der Waals surface area (Å²) in [5, 5.41) is 2.49. The number of methoxy groups -OCH3 is 1. The molecule has 1 amide bonds. The van der Waals surface area contributed by atoms with E-state index >= 15 is 0 Å². The number of carbonyl (C=O) groups is 3. The van der Waals surface area contributed by atoms with Gasteiger partial charge in [0.25, 0.3) is 0 Å². The SMILES string of the molecule is C=C/C=C(\C=C/C)COC(=O)NC(CCC(=O)OCC(C)OCC(C)OC)C(=O)OCc1ccccc1.